The third-order valence-electron chi connectivity index (χ3n) is 3.34. The molecule has 0 saturated carbocycles. The molecule has 3 aromatic rings. The zero-order valence-electron chi connectivity index (χ0n) is 13.2. The maximum absolute atomic E-state index is 5.53. The van der Waals surface area contributed by atoms with Crippen LogP contribution in [0.3, 0.4) is 0 Å². The van der Waals surface area contributed by atoms with Gasteiger partial charge in [-0.2, -0.15) is 4.68 Å². The first-order chi connectivity index (χ1) is 10.6. The van der Waals surface area contributed by atoms with Crippen LogP contribution < -0.4 is 0 Å². The molecule has 3 heterocycles. The van der Waals surface area contributed by atoms with E-state index in [9.17, 15) is 0 Å². The van der Waals surface area contributed by atoms with Crippen LogP contribution in [0.25, 0.3) is 17.3 Å². The van der Waals surface area contributed by atoms with E-state index in [4.69, 9.17) is 4.42 Å². The van der Waals surface area contributed by atoms with E-state index in [0.29, 0.717) is 5.82 Å². The van der Waals surface area contributed by atoms with Crippen molar-refractivity contribution in [2.45, 2.75) is 39.5 Å². The summed E-state index contributed by atoms with van der Waals surface area (Å²) in [6.45, 7) is 8.26. The summed E-state index contributed by atoms with van der Waals surface area (Å²) in [6.07, 6.45) is 3.19. The smallest absolute Gasteiger partial charge is 0.187 e. The zero-order chi connectivity index (χ0) is 15.7. The Morgan fingerprint density at radius 3 is 2.50 bits per heavy atom. The summed E-state index contributed by atoms with van der Waals surface area (Å²) in [4.78, 5) is 13.4. The number of hydrogen-bond donors (Lipinski definition) is 0. The van der Waals surface area contributed by atoms with Crippen LogP contribution in [0.1, 0.15) is 51.1 Å². The maximum atomic E-state index is 5.53. The number of nitrogens with zero attached hydrogens (tertiary/aromatic N) is 5. The van der Waals surface area contributed by atoms with Crippen LogP contribution in [-0.4, -0.2) is 24.7 Å². The van der Waals surface area contributed by atoms with Crippen LogP contribution >= 0.6 is 0 Å². The second-order valence-corrected chi connectivity index (χ2v) is 5.77. The molecule has 0 bridgehead atoms. The van der Waals surface area contributed by atoms with Crippen molar-refractivity contribution in [3.05, 3.63) is 42.4 Å². The highest BCUT2D eigenvalue weighted by atomic mass is 16.3. The van der Waals surface area contributed by atoms with Gasteiger partial charge in [-0.15, -0.1) is 5.10 Å². The van der Waals surface area contributed by atoms with E-state index in [1.165, 1.54) is 6.39 Å². The lowest BCUT2D eigenvalue weighted by Crippen LogP contribution is -2.03. The van der Waals surface area contributed by atoms with E-state index in [-0.39, 0.29) is 11.8 Å². The topological polar surface area (TPSA) is 69.6 Å². The Labute approximate surface area is 129 Å². The molecule has 6 nitrogen and oxygen atoms in total. The van der Waals surface area contributed by atoms with Gasteiger partial charge in [-0.25, -0.2) is 15.0 Å². The minimum absolute atomic E-state index is 0.217. The molecular weight excluding hydrogens is 278 g/mol. The van der Waals surface area contributed by atoms with E-state index in [1.807, 2.05) is 18.2 Å². The molecule has 0 unspecified atom stereocenters. The molecule has 114 valence electrons. The summed E-state index contributed by atoms with van der Waals surface area (Å²) in [5, 5.41) is 4.60. The largest absolute Gasteiger partial charge is 0.447 e. The molecule has 0 radical (unpaired) electrons. The molecule has 0 saturated heterocycles. The number of oxazole rings is 1. The molecule has 6 heteroatoms. The van der Waals surface area contributed by atoms with Gasteiger partial charge in [-0.1, -0.05) is 33.8 Å². The van der Waals surface area contributed by atoms with Gasteiger partial charge in [-0.3, -0.25) is 0 Å². The minimum atomic E-state index is 0.217. The fourth-order valence-corrected chi connectivity index (χ4v) is 2.20. The highest BCUT2D eigenvalue weighted by Gasteiger charge is 2.23. The van der Waals surface area contributed by atoms with Gasteiger partial charge in [0.2, 0.25) is 0 Å². The first-order valence-electron chi connectivity index (χ1n) is 7.40. The molecular formula is C16H19N5O. The molecule has 3 rings (SSSR count). The number of hydrogen-bond acceptors (Lipinski definition) is 5. The molecule has 0 spiro atoms. The second kappa shape index (κ2) is 5.71. The van der Waals surface area contributed by atoms with Crippen molar-refractivity contribution in [3.8, 4) is 17.3 Å². The summed E-state index contributed by atoms with van der Waals surface area (Å²) in [6, 6.07) is 5.70. The Morgan fingerprint density at radius 1 is 1.05 bits per heavy atom. The minimum Gasteiger partial charge on any atom is -0.447 e. The predicted molar refractivity (Wildman–Crippen MR) is 82.8 cm³/mol. The normalized spacial score (nSPS) is 11.5. The Hall–Kier alpha value is -2.50. The number of aromatic nitrogens is 5. The Balaban J connectivity index is 2.20. The van der Waals surface area contributed by atoms with E-state index < -0.39 is 0 Å². The lowest BCUT2D eigenvalue weighted by atomic mass is 10.1. The number of rotatable bonds is 4. The standard InChI is InChI=1S/C16H19N5O/c1-10(2)14-13(18-9-22-14)16-19-15(11(3)4)20-21(16)12-7-5-6-8-17-12/h5-11H,1-4H3. The van der Waals surface area contributed by atoms with Crippen LogP contribution in [0.15, 0.2) is 35.2 Å². The van der Waals surface area contributed by atoms with Gasteiger partial charge in [0.05, 0.1) is 0 Å². The van der Waals surface area contributed by atoms with E-state index in [0.717, 1.165) is 23.1 Å². The SMILES string of the molecule is CC(C)c1nc(-c2ncoc2C(C)C)n(-c2ccccn2)n1. The highest BCUT2D eigenvalue weighted by Crippen LogP contribution is 2.29. The monoisotopic (exact) mass is 297 g/mol. The molecule has 0 atom stereocenters. The van der Waals surface area contributed by atoms with Gasteiger partial charge in [0.1, 0.15) is 11.5 Å². The van der Waals surface area contributed by atoms with E-state index >= 15 is 0 Å². The average Bonchev–Trinajstić information content (AvgIpc) is 3.14. The molecule has 0 aliphatic rings. The van der Waals surface area contributed by atoms with Crippen molar-refractivity contribution in [2.24, 2.45) is 0 Å². The van der Waals surface area contributed by atoms with Crippen molar-refractivity contribution in [3.63, 3.8) is 0 Å². The molecule has 0 amide bonds. The van der Waals surface area contributed by atoms with Crippen LogP contribution in [0.2, 0.25) is 0 Å². The lowest BCUT2D eigenvalue weighted by Gasteiger charge is -2.05. The van der Waals surface area contributed by atoms with Crippen LogP contribution in [0, 0.1) is 0 Å². The Bertz CT molecular complexity index is 758. The summed E-state index contributed by atoms with van der Waals surface area (Å²) in [5.74, 6) is 3.39. The van der Waals surface area contributed by atoms with Crippen molar-refractivity contribution >= 4 is 0 Å². The van der Waals surface area contributed by atoms with Crippen LogP contribution in [-0.2, 0) is 0 Å². The highest BCUT2D eigenvalue weighted by molar-refractivity contribution is 5.55. The van der Waals surface area contributed by atoms with Crippen molar-refractivity contribution in [1.82, 2.24) is 24.7 Å². The van der Waals surface area contributed by atoms with Gasteiger partial charge in [0.25, 0.3) is 0 Å². The summed E-state index contributed by atoms with van der Waals surface area (Å²) in [7, 11) is 0. The quantitative estimate of drug-likeness (QED) is 0.736. The average molecular weight is 297 g/mol. The van der Waals surface area contributed by atoms with Crippen LogP contribution in [0.5, 0.6) is 0 Å². The Kier molecular flexibility index (Phi) is 3.75. The van der Waals surface area contributed by atoms with Crippen LogP contribution in [0.4, 0.5) is 0 Å². The molecule has 22 heavy (non-hydrogen) atoms. The van der Waals surface area contributed by atoms with Gasteiger partial charge >= 0.3 is 0 Å². The first kappa shape index (κ1) is 14.4. The fraction of sp³-hybridized carbons (Fsp3) is 0.375. The van der Waals surface area contributed by atoms with Gasteiger partial charge in [0.15, 0.2) is 23.9 Å². The second-order valence-electron chi connectivity index (χ2n) is 5.77. The summed E-state index contributed by atoms with van der Waals surface area (Å²) < 4.78 is 7.26. The van der Waals surface area contributed by atoms with Crippen molar-refractivity contribution < 1.29 is 4.42 Å². The lowest BCUT2D eigenvalue weighted by molar-refractivity contribution is 0.483. The summed E-state index contributed by atoms with van der Waals surface area (Å²) >= 11 is 0. The predicted octanol–water partition coefficient (Wildman–Crippen LogP) is 3.56. The van der Waals surface area contributed by atoms with Gasteiger partial charge in [-0.05, 0) is 12.1 Å². The first-order valence-corrected chi connectivity index (χ1v) is 7.40. The third-order valence-corrected chi connectivity index (χ3v) is 3.34. The number of pyridine rings is 1. The maximum Gasteiger partial charge on any atom is 0.187 e. The van der Waals surface area contributed by atoms with Gasteiger partial charge in [0, 0.05) is 18.0 Å². The van der Waals surface area contributed by atoms with E-state index in [1.54, 1.807) is 10.9 Å². The molecule has 0 aliphatic carbocycles. The van der Waals surface area contributed by atoms with E-state index in [2.05, 4.69) is 47.7 Å². The van der Waals surface area contributed by atoms with Crippen molar-refractivity contribution in [1.29, 1.82) is 0 Å². The molecule has 0 N–H and O–H groups in total. The fourth-order valence-electron chi connectivity index (χ4n) is 2.20. The molecule has 3 aromatic heterocycles. The third kappa shape index (κ3) is 2.52. The molecule has 0 aromatic carbocycles. The summed E-state index contributed by atoms with van der Waals surface area (Å²) in [5.41, 5.74) is 0.722. The molecule has 0 aliphatic heterocycles. The zero-order valence-corrected chi connectivity index (χ0v) is 13.2. The Morgan fingerprint density at radius 2 is 1.86 bits per heavy atom. The van der Waals surface area contributed by atoms with Gasteiger partial charge < -0.3 is 4.42 Å². The molecule has 0 fully saturated rings. The van der Waals surface area contributed by atoms with Crippen molar-refractivity contribution in [2.75, 3.05) is 0 Å².